The van der Waals surface area contributed by atoms with Crippen molar-refractivity contribution < 1.29 is 4.79 Å². The van der Waals surface area contributed by atoms with E-state index in [0.29, 0.717) is 6.54 Å². The van der Waals surface area contributed by atoms with Crippen LogP contribution in [0.5, 0.6) is 0 Å². The average molecular weight is 237 g/mol. The Morgan fingerprint density at radius 2 is 2.18 bits per heavy atom. The summed E-state index contributed by atoms with van der Waals surface area (Å²) in [7, 11) is 2.01. The summed E-state index contributed by atoms with van der Waals surface area (Å²) in [4.78, 5) is 11.8. The molecule has 1 unspecified atom stereocenters. The zero-order valence-electron chi connectivity index (χ0n) is 11.2. The molecule has 0 saturated carbocycles. The summed E-state index contributed by atoms with van der Waals surface area (Å²) in [5.74, 6) is 0.112. The van der Waals surface area contributed by atoms with Gasteiger partial charge in [-0.25, -0.2) is 0 Å². The van der Waals surface area contributed by atoms with Crippen molar-refractivity contribution in [2.45, 2.75) is 27.3 Å². The molecule has 4 nitrogen and oxygen atoms in total. The summed E-state index contributed by atoms with van der Waals surface area (Å²) in [5, 5.41) is 6.14. The first-order chi connectivity index (χ1) is 8.06. The highest BCUT2D eigenvalue weighted by atomic mass is 16.1. The number of hydrogen-bond acceptors (Lipinski definition) is 2. The van der Waals surface area contributed by atoms with E-state index in [4.69, 9.17) is 0 Å². The fourth-order valence-corrected chi connectivity index (χ4v) is 1.65. The van der Waals surface area contributed by atoms with Gasteiger partial charge in [0.15, 0.2) is 0 Å². The average Bonchev–Trinajstić information content (AvgIpc) is 2.64. The second kappa shape index (κ2) is 6.45. The molecular formula is C13H23N3O. The van der Waals surface area contributed by atoms with Crippen molar-refractivity contribution in [3.8, 4) is 0 Å². The van der Waals surface area contributed by atoms with Crippen LogP contribution in [-0.4, -0.2) is 23.6 Å². The lowest BCUT2D eigenvalue weighted by Gasteiger charge is -2.13. The number of nitrogens with zero attached hydrogens (tertiary/aromatic N) is 1. The zero-order chi connectivity index (χ0) is 12.8. The first kappa shape index (κ1) is 13.8. The van der Waals surface area contributed by atoms with Gasteiger partial charge in [-0.1, -0.05) is 13.8 Å². The molecule has 2 N–H and O–H groups in total. The molecule has 17 heavy (non-hydrogen) atoms. The first-order valence-corrected chi connectivity index (χ1v) is 6.15. The number of rotatable bonds is 6. The molecule has 0 aliphatic heterocycles. The molecule has 0 aliphatic rings. The molecule has 0 radical (unpaired) electrons. The van der Waals surface area contributed by atoms with Crippen LogP contribution in [0.15, 0.2) is 12.1 Å². The van der Waals surface area contributed by atoms with Crippen LogP contribution in [-0.2, 0) is 18.4 Å². The predicted octanol–water partition coefficient (Wildman–Crippen LogP) is 1.20. The lowest BCUT2D eigenvalue weighted by Crippen LogP contribution is -2.35. The molecule has 0 saturated heterocycles. The van der Waals surface area contributed by atoms with E-state index in [1.807, 2.05) is 27.0 Å². The molecule has 0 spiro atoms. The fourth-order valence-electron chi connectivity index (χ4n) is 1.65. The topological polar surface area (TPSA) is 46.1 Å². The maximum absolute atomic E-state index is 11.8. The molecule has 0 aromatic carbocycles. The van der Waals surface area contributed by atoms with E-state index < -0.39 is 0 Å². The molecule has 1 rings (SSSR count). The highest BCUT2D eigenvalue weighted by Crippen LogP contribution is 2.05. The highest BCUT2D eigenvalue weighted by molar-refractivity contribution is 5.78. The van der Waals surface area contributed by atoms with Gasteiger partial charge in [-0.3, -0.25) is 4.79 Å². The van der Waals surface area contributed by atoms with Crippen LogP contribution in [0.4, 0.5) is 0 Å². The molecular weight excluding hydrogens is 214 g/mol. The van der Waals surface area contributed by atoms with Gasteiger partial charge >= 0.3 is 0 Å². The predicted molar refractivity (Wildman–Crippen MR) is 69.7 cm³/mol. The molecule has 1 aromatic heterocycles. The molecule has 1 amide bonds. The van der Waals surface area contributed by atoms with Crippen molar-refractivity contribution in [1.29, 1.82) is 0 Å². The van der Waals surface area contributed by atoms with Crippen LogP contribution in [0, 0.1) is 12.8 Å². The van der Waals surface area contributed by atoms with Gasteiger partial charge in [0.05, 0.1) is 6.54 Å². The van der Waals surface area contributed by atoms with Gasteiger partial charge in [-0.05, 0) is 25.6 Å². The van der Waals surface area contributed by atoms with Crippen LogP contribution in [0.25, 0.3) is 0 Å². The van der Waals surface area contributed by atoms with Crippen molar-refractivity contribution in [3.63, 3.8) is 0 Å². The van der Waals surface area contributed by atoms with E-state index in [9.17, 15) is 4.79 Å². The van der Waals surface area contributed by atoms with Gasteiger partial charge in [-0.15, -0.1) is 0 Å². The number of carbonyl (C=O) groups excluding carboxylic acids is 1. The number of aromatic nitrogens is 1. The standard InChI is InChI=1S/C13H23N3O/c1-5-14-8-10(2)13(17)15-9-12-7-6-11(3)16(12)4/h6-7,10,14H,5,8-9H2,1-4H3,(H,15,17). The summed E-state index contributed by atoms with van der Waals surface area (Å²) in [6, 6.07) is 4.11. The third-order valence-corrected chi connectivity index (χ3v) is 3.07. The zero-order valence-corrected chi connectivity index (χ0v) is 11.2. The normalized spacial score (nSPS) is 12.5. The third kappa shape index (κ3) is 3.89. The van der Waals surface area contributed by atoms with Crippen molar-refractivity contribution in [3.05, 3.63) is 23.5 Å². The van der Waals surface area contributed by atoms with Gasteiger partial charge < -0.3 is 15.2 Å². The third-order valence-electron chi connectivity index (χ3n) is 3.07. The van der Waals surface area contributed by atoms with E-state index in [-0.39, 0.29) is 11.8 Å². The molecule has 4 heteroatoms. The number of nitrogens with one attached hydrogen (secondary N) is 2. The maximum Gasteiger partial charge on any atom is 0.224 e. The number of amides is 1. The molecule has 0 bridgehead atoms. The van der Waals surface area contributed by atoms with E-state index in [2.05, 4.69) is 28.2 Å². The Kier molecular flexibility index (Phi) is 5.22. The van der Waals surface area contributed by atoms with E-state index in [1.54, 1.807) is 0 Å². The molecule has 1 heterocycles. The van der Waals surface area contributed by atoms with Crippen molar-refractivity contribution in [2.75, 3.05) is 13.1 Å². The Bertz CT molecular complexity index is 371. The Morgan fingerprint density at radius 3 is 2.71 bits per heavy atom. The van der Waals surface area contributed by atoms with Gasteiger partial charge in [0, 0.05) is 30.9 Å². The van der Waals surface area contributed by atoms with E-state index >= 15 is 0 Å². The minimum absolute atomic E-state index is 0.0105. The van der Waals surface area contributed by atoms with Gasteiger partial charge in [0.1, 0.15) is 0 Å². The van der Waals surface area contributed by atoms with E-state index in [1.165, 1.54) is 5.69 Å². The lowest BCUT2D eigenvalue weighted by atomic mass is 10.1. The van der Waals surface area contributed by atoms with Gasteiger partial charge in [0.2, 0.25) is 5.91 Å². The molecule has 0 fully saturated rings. The fraction of sp³-hybridized carbons (Fsp3) is 0.615. The molecule has 0 aliphatic carbocycles. The quantitative estimate of drug-likeness (QED) is 0.781. The highest BCUT2D eigenvalue weighted by Gasteiger charge is 2.12. The summed E-state index contributed by atoms with van der Waals surface area (Å²) >= 11 is 0. The Hall–Kier alpha value is -1.29. The number of aryl methyl sites for hydroxylation is 1. The SMILES string of the molecule is CCNCC(C)C(=O)NCc1ccc(C)n1C. The Labute approximate surface area is 103 Å². The molecule has 1 atom stereocenters. The van der Waals surface area contributed by atoms with Crippen molar-refractivity contribution in [2.24, 2.45) is 13.0 Å². The maximum atomic E-state index is 11.8. The summed E-state index contributed by atoms with van der Waals surface area (Å²) in [6.45, 7) is 8.26. The van der Waals surface area contributed by atoms with Crippen molar-refractivity contribution >= 4 is 5.91 Å². The van der Waals surface area contributed by atoms with Gasteiger partial charge in [-0.2, -0.15) is 0 Å². The van der Waals surface area contributed by atoms with E-state index in [0.717, 1.165) is 18.8 Å². The molecule has 96 valence electrons. The smallest absolute Gasteiger partial charge is 0.224 e. The van der Waals surface area contributed by atoms with Crippen LogP contribution in [0.2, 0.25) is 0 Å². The minimum atomic E-state index is 0.0105. The second-order valence-electron chi connectivity index (χ2n) is 4.45. The first-order valence-electron chi connectivity index (χ1n) is 6.15. The van der Waals surface area contributed by atoms with Crippen molar-refractivity contribution in [1.82, 2.24) is 15.2 Å². The van der Waals surface area contributed by atoms with Crippen LogP contribution < -0.4 is 10.6 Å². The second-order valence-corrected chi connectivity index (χ2v) is 4.45. The molecule has 1 aromatic rings. The largest absolute Gasteiger partial charge is 0.350 e. The Balaban J connectivity index is 2.40. The summed E-state index contributed by atoms with van der Waals surface area (Å²) in [6.07, 6.45) is 0. The van der Waals surface area contributed by atoms with Crippen LogP contribution in [0.3, 0.4) is 0 Å². The van der Waals surface area contributed by atoms with Gasteiger partial charge in [0.25, 0.3) is 0 Å². The number of hydrogen-bond donors (Lipinski definition) is 2. The van der Waals surface area contributed by atoms with Crippen LogP contribution in [0.1, 0.15) is 25.2 Å². The minimum Gasteiger partial charge on any atom is -0.350 e. The summed E-state index contributed by atoms with van der Waals surface area (Å²) in [5.41, 5.74) is 2.33. The lowest BCUT2D eigenvalue weighted by molar-refractivity contribution is -0.124. The number of carbonyl (C=O) groups is 1. The van der Waals surface area contributed by atoms with Crippen LogP contribution >= 0.6 is 0 Å². The monoisotopic (exact) mass is 237 g/mol. The Morgan fingerprint density at radius 1 is 1.47 bits per heavy atom. The summed E-state index contributed by atoms with van der Waals surface area (Å²) < 4.78 is 2.09.